The van der Waals surface area contributed by atoms with Crippen molar-refractivity contribution in [3.63, 3.8) is 0 Å². The van der Waals surface area contributed by atoms with Crippen LogP contribution < -0.4 is 0 Å². The number of hydrogen-bond donors (Lipinski definition) is 0. The van der Waals surface area contributed by atoms with Gasteiger partial charge < -0.3 is 0 Å². The first-order valence-electron chi connectivity index (χ1n) is 5.22. The first-order chi connectivity index (χ1) is 6.91. The van der Waals surface area contributed by atoms with Crippen molar-refractivity contribution in [2.45, 2.75) is 40.0 Å². The number of rotatable bonds is 0. The van der Waals surface area contributed by atoms with Crippen LogP contribution in [0.15, 0.2) is 12.4 Å². The van der Waals surface area contributed by atoms with Gasteiger partial charge in [-0.1, -0.05) is 20.8 Å². The lowest BCUT2D eigenvalue weighted by Gasteiger charge is -2.18. The number of hydrogen-bond acceptors (Lipinski definition) is 2. The largest absolute Gasteiger partial charge is 0.258 e. The van der Waals surface area contributed by atoms with E-state index in [4.69, 9.17) is 0 Å². The van der Waals surface area contributed by atoms with Crippen molar-refractivity contribution in [2.75, 3.05) is 0 Å². The Bertz CT molecular complexity index is 503. The van der Waals surface area contributed by atoms with Gasteiger partial charge in [0.2, 0.25) is 0 Å². The molecule has 2 aromatic rings. The molecule has 80 valence electrons. The summed E-state index contributed by atoms with van der Waals surface area (Å²) in [6.45, 7) is 10.7. The van der Waals surface area contributed by atoms with Crippen LogP contribution in [0.1, 0.15) is 37.7 Å². The summed E-state index contributed by atoms with van der Waals surface area (Å²) in [6.07, 6.45) is 3.70. The SMILES string of the molecule is Cc1nn2ccnc(C)c2c1C(C)(C)C. The van der Waals surface area contributed by atoms with Crippen LogP contribution in [-0.2, 0) is 5.41 Å². The number of nitrogens with zero attached hydrogens (tertiary/aromatic N) is 3. The summed E-state index contributed by atoms with van der Waals surface area (Å²) in [5.41, 5.74) is 4.71. The zero-order valence-electron chi connectivity index (χ0n) is 10.00. The van der Waals surface area contributed by atoms with Gasteiger partial charge in [0.25, 0.3) is 0 Å². The van der Waals surface area contributed by atoms with E-state index >= 15 is 0 Å². The molecule has 0 unspecified atom stereocenters. The zero-order chi connectivity index (χ0) is 11.2. The molecule has 2 heterocycles. The minimum Gasteiger partial charge on any atom is -0.258 e. The van der Waals surface area contributed by atoms with Crippen molar-refractivity contribution in [3.8, 4) is 0 Å². The van der Waals surface area contributed by atoms with Crippen LogP contribution in [0, 0.1) is 13.8 Å². The van der Waals surface area contributed by atoms with E-state index in [1.807, 2.05) is 17.6 Å². The Morgan fingerprint density at radius 2 is 1.80 bits per heavy atom. The minimum atomic E-state index is 0.111. The Kier molecular flexibility index (Phi) is 2.07. The normalized spacial score (nSPS) is 12.3. The quantitative estimate of drug-likeness (QED) is 0.659. The van der Waals surface area contributed by atoms with Gasteiger partial charge in [0.05, 0.1) is 16.9 Å². The monoisotopic (exact) mass is 203 g/mol. The third kappa shape index (κ3) is 1.52. The highest BCUT2D eigenvalue weighted by Gasteiger charge is 2.23. The molecule has 0 atom stereocenters. The first-order valence-corrected chi connectivity index (χ1v) is 5.22. The van der Waals surface area contributed by atoms with Gasteiger partial charge in [-0.25, -0.2) is 4.52 Å². The first kappa shape index (κ1) is 10.1. The van der Waals surface area contributed by atoms with Crippen LogP contribution in [0.3, 0.4) is 0 Å². The molecule has 2 aromatic heterocycles. The highest BCUT2D eigenvalue weighted by Crippen LogP contribution is 2.30. The van der Waals surface area contributed by atoms with Crippen molar-refractivity contribution < 1.29 is 0 Å². The summed E-state index contributed by atoms with van der Waals surface area (Å²) in [5, 5.41) is 4.52. The Hall–Kier alpha value is -1.38. The molecule has 0 spiro atoms. The number of aromatic nitrogens is 3. The molecule has 0 saturated heterocycles. The maximum Gasteiger partial charge on any atom is 0.0914 e. The topological polar surface area (TPSA) is 30.2 Å². The van der Waals surface area contributed by atoms with E-state index in [0.717, 1.165) is 16.9 Å². The van der Waals surface area contributed by atoms with Gasteiger partial charge in [0.15, 0.2) is 0 Å². The van der Waals surface area contributed by atoms with E-state index in [-0.39, 0.29) is 5.41 Å². The maximum atomic E-state index is 4.52. The fourth-order valence-corrected chi connectivity index (χ4v) is 2.17. The lowest BCUT2D eigenvalue weighted by molar-refractivity contribution is 0.591. The molecule has 0 aliphatic heterocycles. The van der Waals surface area contributed by atoms with E-state index in [1.165, 1.54) is 5.56 Å². The van der Waals surface area contributed by atoms with Gasteiger partial charge in [-0.3, -0.25) is 4.98 Å². The molecule has 0 radical (unpaired) electrons. The van der Waals surface area contributed by atoms with Crippen LogP contribution in [0.4, 0.5) is 0 Å². The molecule has 0 aromatic carbocycles. The lowest BCUT2D eigenvalue weighted by atomic mass is 9.86. The van der Waals surface area contributed by atoms with Gasteiger partial charge in [-0.15, -0.1) is 0 Å². The molecule has 0 fully saturated rings. The predicted molar refractivity (Wildman–Crippen MR) is 61.2 cm³/mol. The summed E-state index contributed by atoms with van der Waals surface area (Å²) in [5.74, 6) is 0. The van der Waals surface area contributed by atoms with Crippen LogP contribution in [0.5, 0.6) is 0 Å². The second-order valence-corrected chi connectivity index (χ2v) is 5.02. The highest BCUT2D eigenvalue weighted by molar-refractivity contribution is 5.62. The van der Waals surface area contributed by atoms with Gasteiger partial charge in [-0.05, 0) is 19.3 Å². The Morgan fingerprint density at radius 1 is 1.13 bits per heavy atom. The summed E-state index contributed by atoms with van der Waals surface area (Å²) in [7, 11) is 0. The van der Waals surface area contributed by atoms with Gasteiger partial charge in [0, 0.05) is 18.0 Å². The van der Waals surface area contributed by atoms with Crippen LogP contribution >= 0.6 is 0 Å². The molecular formula is C12H17N3. The van der Waals surface area contributed by atoms with Crippen molar-refractivity contribution in [1.29, 1.82) is 0 Å². The molecular weight excluding hydrogens is 186 g/mol. The highest BCUT2D eigenvalue weighted by atomic mass is 15.2. The summed E-state index contributed by atoms with van der Waals surface area (Å²) in [6, 6.07) is 0. The van der Waals surface area contributed by atoms with E-state index in [9.17, 15) is 0 Å². The fraction of sp³-hybridized carbons (Fsp3) is 0.500. The molecule has 0 N–H and O–H groups in total. The van der Waals surface area contributed by atoms with Gasteiger partial charge in [-0.2, -0.15) is 5.10 Å². The van der Waals surface area contributed by atoms with Crippen LogP contribution in [0.2, 0.25) is 0 Å². The predicted octanol–water partition coefficient (Wildman–Crippen LogP) is 2.64. The standard InChI is InChI=1S/C12H17N3/c1-8-10(12(3,4)5)11-9(2)13-6-7-15(11)14-8/h6-7H,1-5H3. The Balaban J connectivity index is 2.89. The van der Waals surface area contributed by atoms with E-state index in [1.54, 1.807) is 6.20 Å². The third-order valence-electron chi connectivity index (χ3n) is 2.65. The maximum absolute atomic E-state index is 4.52. The van der Waals surface area contributed by atoms with Crippen molar-refractivity contribution >= 4 is 5.52 Å². The van der Waals surface area contributed by atoms with Crippen LogP contribution in [0.25, 0.3) is 5.52 Å². The molecule has 0 aliphatic rings. The molecule has 0 bridgehead atoms. The molecule has 3 heteroatoms. The summed E-state index contributed by atoms with van der Waals surface area (Å²) in [4.78, 5) is 4.33. The number of fused-ring (bicyclic) bond motifs is 1. The third-order valence-corrected chi connectivity index (χ3v) is 2.65. The van der Waals surface area contributed by atoms with E-state index < -0.39 is 0 Å². The Labute approximate surface area is 90.1 Å². The molecule has 0 saturated carbocycles. The van der Waals surface area contributed by atoms with Gasteiger partial charge >= 0.3 is 0 Å². The average Bonchev–Trinajstić information content (AvgIpc) is 2.41. The molecule has 0 amide bonds. The van der Waals surface area contributed by atoms with Crippen LogP contribution in [-0.4, -0.2) is 14.6 Å². The molecule has 2 rings (SSSR count). The molecule has 3 nitrogen and oxygen atoms in total. The van der Waals surface area contributed by atoms with Crippen molar-refractivity contribution in [2.24, 2.45) is 0 Å². The summed E-state index contributed by atoms with van der Waals surface area (Å²) >= 11 is 0. The van der Waals surface area contributed by atoms with E-state index in [0.29, 0.717) is 0 Å². The Morgan fingerprint density at radius 3 is 2.40 bits per heavy atom. The van der Waals surface area contributed by atoms with Gasteiger partial charge in [0.1, 0.15) is 0 Å². The fourth-order valence-electron chi connectivity index (χ4n) is 2.17. The van der Waals surface area contributed by atoms with Crippen molar-refractivity contribution in [3.05, 3.63) is 29.3 Å². The lowest BCUT2D eigenvalue weighted by Crippen LogP contribution is -2.12. The molecule has 0 aliphatic carbocycles. The zero-order valence-corrected chi connectivity index (χ0v) is 10.00. The second kappa shape index (κ2) is 3.05. The minimum absolute atomic E-state index is 0.111. The smallest absolute Gasteiger partial charge is 0.0914 e. The average molecular weight is 203 g/mol. The number of aryl methyl sites for hydroxylation is 2. The van der Waals surface area contributed by atoms with Crippen molar-refractivity contribution in [1.82, 2.24) is 14.6 Å². The van der Waals surface area contributed by atoms with E-state index in [2.05, 4.69) is 37.8 Å². The summed E-state index contributed by atoms with van der Waals surface area (Å²) < 4.78 is 1.93. The molecule has 15 heavy (non-hydrogen) atoms. The second-order valence-electron chi connectivity index (χ2n) is 5.02.